The highest BCUT2D eigenvalue weighted by Gasteiger charge is 2.69. The van der Waals surface area contributed by atoms with Crippen molar-refractivity contribution in [1.29, 1.82) is 0 Å². The van der Waals surface area contributed by atoms with Crippen molar-refractivity contribution in [3.05, 3.63) is 64.9 Å². The SMILES string of the molecule is COCC1(N)C(c2ccc(F)cc2)C1S(=O)(=O)c1ccc(Cl)cc1. The largest absolute Gasteiger partial charge is 0.383 e. The molecule has 128 valence electrons. The van der Waals surface area contributed by atoms with Crippen molar-refractivity contribution in [1.82, 2.24) is 0 Å². The van der Waals surface area contributed by atoms with Crippen LogP contribution >= 0.6 is 11.6 Å². The third-order valence-corrected chi connectivity index (χ3v) is 6.96. The molecule has 2 aromatic rings. The first-order valence-electron chi connectivity index (χ1n) is 7.33. The lowest BCUT2D eigenvalue weighted by molar-refractivity contribution is 0.171. The normalized spacial score (nSPS) is 26.3. The van der Waals surface area contributed by atoms with Crippen molar-refractivity contribution in [2.75, 3.05) is 13.7 Å². The average Bonchev–Trinajstić information content (AvgIpc) is 3.15. The predicted octanol–water partition coefficient (Wildman–Crippen LogP) is 2.76. The van der Waals surface area contributed by atoms with Crippen molar-refractivity contribution >= 4 is 21.4 Å². The molecule has 0 bridgehead atoms. The molecule has 0 spiro atoms. The summed E-state index contributed by atoms with van der Waals surface area (Å²) in [6.07, 6.45) is 0. The fourth-order valence-electron chi connectivity index (χ4n) is 3.24. The van der Waals surface area contributed by atoms with Gasteiger partial charge in [-0.25, -0.2) is 12.8 Å². The molecule has 0 radical (unpaired) electrons. The Morgan fingerprint density at radius 1 is 1.17 bits per heavy atom. The van der Waals surface area contributed by atoms with Crippen LogP contribution in [0.5, 0.6) is 0 Å². The lowest BCUT2D eigenvalue weighted by Gasteiger charge is -2.11. The lowest BCUT2D eigenvalue weighted by atomic mass is 10.1. The van der Waals surface area contributed by atoms with Gasteiger partial charge in [-0.15, -0.1) is 0 Å². The van der Waals surface area contributed by atoms with E-state index in [0.29, 0.717) is 10.6 Å². The van der Waals surface area contributed by atoms with Gasteiger partial charge in [0.25, 0.3) is 0 Å². The Balaban J connectivity index is 2.01. The molecular formula is C17H17ClFNO3S. The van der Waals surface area contributed by atoms with E-state index in [4.69, 9.17) is 22.1 Å². The van der Waals surface area contributed by atoms with Gasteiger partial charge in [-0.2, -0.15) is 0 Å². The molecular weight excluding hydrogens is 353 g/mol. The Kier molecular flexibility index (Phi) is 4.42. The molecule has 1 aliphatic rings. The number of benzene rings is 2. The highest BCUT2D eigenvalue weighted by atomic mass is 35.5. The Hall–Kier alpha value is -1.47. The number of halogens is 2. The Morgan fingerprint density at radius 2 is 1.75 bits per heavy atom. The first-order chi connectivity index (χ1) is 11.3. The first kappa shape index (κ1) is 17.4. The zero-order valence-electron chi connectivity index (χ0n) is 12.9. The molecule has 2 aromatic carbocycles. The highest BCUT2D eigenvalue weighted by molar-refractivity contribution is 7.92. The van der Waals surface area contributed by atoms with E-state index in [-0.39, 0.29) is 17.3 Å². The summed E-state index contributed by atoms with van der Waals surface area (Å²) in [6, 6.07) is 11.7. The highest BCUT2D eigenvalue weighted by Crippen LogP contribution is 2.55. The second kappa shape index (κ2) is 6.11. The summed E-state index contributed by atoms with van der Waals surface area (Å²) in [5.41, 5.74) is 5.97. The number of methoxy groups -OCH3 is 1. The molecule has 0 aliphatic heterocycles. The molecule has 1 fully saturated rings. The summed E-state index contributed by atoms with van der Waals surface area (Å²) < 4.78 is 44.3. The summed E-state index contributed by atoms with van der Waals surface area (Å²) in [5.74, 6) is -0.843. The molecule has 3 atom stereocenters. The van der Waals surface area contributed by atoms with Crippen molar-refractivity contribution in [2.45, 2.75) is 21.6 Å². The van der Waals surface area contributed by atoms with Gasteiger partial charge in [0, 0.05) is 18.1 Å². The minimum atomic E-state index is -3.68. The number of rotatable bonds is 5. The number of sulfone groups is 1. The Bertz CT molecular complexity index is 839. The second-order valence-corrected chi connectivity index (χ2v) is 8.50. The van der Waals surface area contributed by atoms with Crippen LogP contribution in [0, 0.1) is 5.82 Å². The number of nitrogens with two attached hydrogens (primary N) is 1. The standard InChI is InChI=1S/C17H17ClFNO3S/c1-23-10-17(20)15(11-2-6-13(19)7-3-11)16(17)24(21,22)14-8-4-12(18)5-9-14/h2-9,15-16H,10,20H2,1H3. The lowest BCUT2D eigenvalue weighted by Crippen LogP contribution is -2.35. The Morgan fingerprint density at radius 3 is 2.29 bits per heavy atom. The van der Waals surface area contributed by atoms with Gasteiger partial charge in [-0.1, -0.05) is 23.7 Å². The van der Waals surface area contributed by atoms with Gasteiger partial charge >= 0.3 is 0 Å². The molecule has 0 heterocycles. The monoisotopic (exact) mass is 369 g/mol. The minimum absolute atomic E-state index is 0.0898. The van der Waals surface area contributed by atoms with E-state index in [9.17, 15) is 12.8 Å². The molecule has 7 heteroatoms. The molecule has 3 rings (SSSR count). The van der Waals surface area contributed by atoms with Crippen LogP contribution in [-0.4, -0.2) is 32.9 Å². The van der Waals surface area contributed by atoms with Crippen molar-refractivity contribution < 1.29 is 17.5 Å². The minimum Gasteiger partial charge on any atom is -0.383 e. The summed E-state index contributed by atoms with van der Waals surface area (Å²) in [7, 11) is -2.20. The maximum atomic E-state index is 13.2. The zero-order valence-corrected chi connectivity index (χ0v) is 14.5. The smallest absolute Gasteiger partial charge is 0.183 e. The summed E-state index contributed by atoms with van der Waals surface area (Å²) >= 11 is 5.83. The van der Waals surface area contributed by atoms with Crippen LogP contribution in [0.4, 0.5) is 4.39 Å². The number of hydrogen-bond donors (Lipinski definition) is 1. The van der Waals surface area contributed by atoms with Crippen molar-refractivity contribution in [3.63, 3.8) is 0 Å². The van der Waals surface area contributed by atoms with Gasteiger partial charge < -0.3 is 10.5 Å². The molecule has 24 heavy (non-hydrogen) atoms. The van der Waals surface area contributed by atoms with Gasteiger partial charge in [0.2, 0.25) is 0 Å². The molecule has 2 N–H and O–H groups in total. The zero-order chi connectivity index (χ0) is 17.5. The van der Waals surface area contributed by atoms with Crippen LogP contribution in [0.15, 0.2) is 53.4 Å². The van der Waals surface area contributed by atoms with Crippen LogP contribution in [0.25, 0.3) is 0 Å². The molecule has 4 nitrogen and oxygen atoms in total. The molecule has 1 aliphatic carbocycles. The van der Waals surface area contributed by atoms with Crippen LogP contribution < -0.4 is 5.73 Å². The van der Waals surface area contributed by atoms with Gasteiger partial charge in [0.15, 0.2) is 9.84 Å². The van der Waals surface area contributed by atoms with Crippen molar-refractivity contribution in [2.24, 2.45) is 5.73 Å². The van der Waals surface area contributed by atoms with E-state index in [1.54, 1.807) is 12.1 Å². The van der Waals surface area contributed by atoms with E-state index in [0.717, 1.165) is 0 Å². The molecule has 0 amide bonds. The number of hydrogen-bond acceptors (Lipinski definition) is 4. The predicted molar refractivity (Wildman–Crippen MR) is 90.4 cm³/mol. The van der Waals surface area contributed by atoms with Gasteiger partial charge in [-0.3, -0.25) is 0 Å². The van der Waals surface area contributed by atoms with E-state index < -0.39 is 26.5 Å². The van der Waals surface area contributed by atoms with Gasteiger partial charge in [0.05, 0.1) is 22.3 Å². The summed E-state index contributed by atoms with van der Waals surface area (Å²) in [4.78, 5) is 0.160. The summed E-state index contributed by atoms with van der Waals surface area (Å²) in [6.45, 7) is 0.0898. The van der Waals surface area contributed by atoms with E-state index in [2.05, 4.69) is 0 Å². The third kappa shape index (κ3) is 2.84. The fourth-order valence-corrected chi connectivity index (χ4v) is 5.66. The molecule has 0 saturated heterocycles. The van der Waals surface area contributed by atoms with Crippen LogP contribution in [0.2, 0.25) is 5.02 Å². The van der Waals surface area contributed by atoms with E-state index >= 15 is 0 Å². The molecule has 3 unspecified atom stereocenters. The maximum Gasteiger partial charge on any atom is 0.183 e. The quantitative estimate of drug-likeness (QED) is 0.879. The van der Waals surface area contributed by atoms with Gasteiger partial charge in [-0.05, 0) is 42.0 Å². The topological polar surface area (TPSA) is 69.4 Å². The van der Waals surface area contributed by atoms with Gasteiger partial charge in [0.1, 0.15) is 5.82 Å². The molecule has 0 aromatic heterocycles. The van der Waals surface area contributed by atoms with Crippen LogP contribution in [-0.2, 0) is 14.6 Å². The maximum absolute atomic E-state index is 13.2. The molecule has 1 saturated carbocycles. The fraction of sp³-hybridized carbons (Fsp3) is 0.294. The average molecular weight is 370 g/mol. The van der Waals surface area contributed by atoms with Crippen LogP contribution in [0.1, 0.15) is 11.5 Å². The van der Waals surface area contributed by atoms with Crippen molar-refractivity contribution in [3.8, 4) is 0 Å². The first-order valence-corrected chi connectivity index (χ1v) is 9.26. The van der Waals surface area contributed by atoms with E-state index in [1.807, 2.05) is 0 Å². The van der Waals surface area contributed by atoms with Crippen LogP contribution in [0.3, 0.4) is 0 Å². The number of ether oxygens (including phenoxy) is 1. The summed E-state index contributed by atoms with van der Waals surface area (Å²) in [5, 5.41) is -0.382. The second-order valence-electron chi connectivity index (χ2n) is 5.99. The Labute approximate surface area is 145 Å². The third-order valence-electron chi connectivity index (χ3n) is 4.40. The van der Waals surface area contributed by atoms with E-state index in [1.165, 1.54) is 43.5 Å².